The van der Waals surface area contributed by atoms with Gasteiger partial charge in [-0.05, 0) is 24.6 Å². The van der Waals surface area contributed by atoms with Crippen molar-refractivity contribution in [3.8, 4) is 11.3 Å². The molecule has 2 N–H and O–H groups in total. The highest BCUT2D eigenvalue weighted by atomic mass is 19.4. The van der Waals surface area contributed by atoms with E-state index in [1.54, 1.807) is 10.7 Å². The van der Waals surface area contributed by atoms with Crippen LogP contribution in [0.1, 0.15) is 12.5 Å². The molecule has 3 nitrogen and oxygen atoms in total. The van der Waals surface area contributed by atoms with E-state index in [1.807, 2.05) is 6.92 Å². The van der Waals surface area contributed by atoms with Crippen molar-refractivity contribution in [2.24, 2.45) is 0 Å². The van der Waals surface area contributed by atoms with Crippen LogP contribution in [-0.2, 0) is 12.7 Å². The molecule has 0 atom stereocenters. The molecule has 2 rings (SSSR count). The quantitative estimate of drug-likeness (QED) is 0.895. The van der Waals surface area contributed by atoms with Gasteiger partial charge in [-0.1, -0.05) is 12.1 Å². The minimum absolute atomic E-state index is 0.353. The topological polar surface area (TPSA) is 43.8 Å². The number of hydrogen-bond donors (Lipinski definition) is 1. The molecule has 0 saturated carbocycles. The lowest BCUT2D eigenvalue weighted by Crippen LogP contribution is -2.04. The number of nitrogen functional groups attached to an aromatic ring is 1. The molecule has 0 aliphatic carbocycles. The lowest BCUT2D eigenvalue weighted by atomic mass is 10.1. The Balaban J connectivity index is 2.40. The van der Waals surface area contributed by atoms with Gasteiger partial charge in [0.15, 0.2) is 0 Å². The molecule has 0 fully saturated rings. The third kappa shape index (κ3) is 2.32. The second kappa shape index (κ2) is 4.36. The first-order chi connectivity index (χ1) is 8.41. The first-order valence-electron chi connectivity index (χ1n) is 5.42. The smallest absolute Gasteiger partial charge is 0.382 e. The largest absolute Gasteiger partial charge is 0.416 e. The molecule has 18 heavy (non-hydrogen) atoms. The van der Waals surface area contributed by atoms with Crippen molar-refractivity contribution < 1.29 is 13.2 Å². The van der Waals surface area contributed by atoms with Gasteiger partial charge < -0.3 is 5.73 Å². The Bertz CT molecular complexity index is 541. The van der Waals surface area contributed by atoms with Crippen LogP contribution in [0.25, 0.3) is 11.3 Å². The van der Waals surface area contributed by atoms with Crippen molar-refractivity contribution in [1.29, 1.82) is 0 Å². The van der Waals surface area contributed by atoms with Crippen LogP contribution in [0.4, 0.5) is 19.0 Å². The zero-order chi connectivity index (χ0) is 13.3. The summed E-state index contributed by atoms with van der Waals surface area (Å²) < 4.78 is 39.0. The molecule has 1 heterocycles. The lowest BCUT2D eigenvalue weighted by Gasteiger charge is -2.08. The highest BCUT2D eigenvalue weighted by Gasteiger charge is 2.30. The maximum atomic E-state index is 12.4. The van der Waals surface area contributed by atoms with Gasteiger partial charge in [-0.2, -0.15) is 18.3 Å². The van der Waals surface area contributed by atoms with Gasteiger partial charge in [-0.15, -0.1) is 0 Å². The van der Waals surface area contributed by atoms with Gasteiger partial charge in [-0.25, -0.2) is 0 Å². The van der Waals surface area contributed by atoms with Crippen LogP contribution in [0.15, 0.2) is 30.3 Å². The van der Waals surface area contributed by atoms with E-state index in [1.165, 1.54) is 12.1 Å². The second-order valence-electron chi connectivity index (χ2n) is 3.85. The second-order valence-corrected chi connectivity index (χ2v) is 3.85. The van der Waals surface area contributed by atoms with Crippen molar-refractivity contribution in [3.05, 3.63) is 35.9 Å². The summed E-state index contributed by atoms with van der Waals surface area (Å²) in [5.74, 6) is 0.353. The standard InChI is InChI=1S/C12H12F3N3/c1-2-18-10(7-11(16)17-18)8-3-5-9(6-4-8)12(13,14)15/h3-7H,2H2,1H3,(H2,16,17). The Morgan fingerprint density at radius 1 is 1.22 bits per heavy atom. The summed E-state index contributed by atoms with van der Waals surface area (Å²) in [7, 11) is 0. The average Bonchev–Trinajstić information content (AvgIpc) is 2.69. The maximum Gasteiger partial charge on any atom is 0.416 e. The minimum Gasteiger partial charge on any atom is -0.382 e. The highest BCUT2D eigenvalue weighted by Crippen LogP contribution is 2.31. The van der Waals surface area contributed by atoms with Crippen LogP contribution in [-0.4, -0.2) is 9.78 Å². The summed E-state index contributed by atoms with van der Waals surface area (Å²) in [6.45, 7) is 2.49. The van der Waals surface area contributed by atoms with E-state index in [-0.39, 0.29) is 0 Å². The summed E-state index contributed by atoms with van der Waals surface area (Å²) in [5, 5.41) is 4.05. The lowest BCUT2D eigenvalue weighted by molar-refractivity contribution is -0.137. The number of aryl methyl sites for hydroxylation is 1. The van der Waals surface area contributed by atoms with Crippen LogP contribution in [0.5, 0.6) is 0 Å². The van der Waals surface area contributed by atoms with E-state index in [4.69, 9.17) is 5.73 Å². The molecule has 2 aromatic rings. The van der Waals surface area contributed by atoms with Gasteiger partial charge in [0.1, 0.15) is 5.82 Å². The summed E-state index contributed by atoms with van der Waals surface area (Å²) in [5.41, 5.74) is 6.29. The van der Waals surface area contributed by atoms with E-state index in [0.717, 1.165) is 12.1 Å². The van der Waals surface area contributed by atoms with Crippen molar-refractivity contribution in [1.82, 2.24) is 9.78 Å². The molecule has 0 amide bonds. The van der Waals surface area contributed by atoms with Crippen LogP contribution in [0.2, 0.25) is 0 Å². The molecule has 6 heteroatoms. The molecule has 0 saturated heterocycles. The fourth-order valence-corrected chi connectivity index (χ4v) is 1.74. The Morgan fingerprint density at radius 3 is 2.33 bits per heavy atom. The van der Waals surface area contributed by atoms with Gasteiger partial charge in [0.2, 0.25) is 0 Å². The number of hydrogen-bond acceptors (Lipinski definition) is 2. The molecule has 0 bridgehead atoms. The van der Waals surface area contributed by atoms with Gasteiger partial charge in [0.25, 0.3) is 0 Å². The third-order valence-electron chi connectivity index (χ3n) is 2.61. The van der Waals surface area contributed by atoms with Crippen molar-refractivity contribution in [3.63, 3.8) is 0 Å². The average molecular weight is 255 g/mol. The van der Waals surface area contributed by atoms with E-state index < -0.39 is 11.7 Å². The Morgan fingerprint density at radius 2 is 1.83 bits per heavy atom. The normalized spacial score (nSPS) is 11.8. The summed E-state index contributed by atoms with van der Waals surface area (Å²) in [6, 6.07) is 6.60. The molecule has 1 aromatic carbocycles. The Kier molecular flexibility index (Phi) is 3.02. The van der Waals surface area contributed by atoms with Gasteiger partial charge in [0, 0.05) is 12.6 Å². The number of aromatic nitrogens is 2. The SMILES string of the molecule is CCn1nc(N)cc1-c1ccc(C(F)(F)F)cc1. The summed E-state index contributed by atoms with van der Waals surface area (Å²) in [4.78, 5) is 0. The van der Waals surface area contributed by atoms with Gasteiger partial charge in [0.05, 0.1) is 11.3 Å². The summed E-state index contributed by atoms with van der Waals surface area (Å²) in [6.07, 6.45) is -4.32. The van der Waals surface area contributed by atoms with Gasteiger partial charge >= 0.3 is 6.18 Å². The molecule has 0 aliphatic rings. The molecule has 0 unspecified atom stereocenters. The van der Waals surface area contributed by atoms with Crippen LogP contribution in [0, 0.1) is 0 Å². The van der Waals surface area contributed by atoms with Crippen molar-refractivity contribution >= 4 is 5.82 Å². The number of nitrogens with two attached hydrogens (primary N) is 1. The predicted molar refractivity (Wildman–Crippen MR) is 62.8 cm³/mol. The minimum atomic E-state index is -4.32. The number of benzene rings is 1. The fourth-order valence-electron chi connectivity index (χ4n) is 1.74. The Hall–Kier alpha value is -1.98. The van der Waals surface area contributed by atoms with E-state index >= 15 is 0 Å². The molecular formula is C12H12F3N3. The van der Waals surface area contributed by atoms with Crippen LogP contribution < -0.4 is 5.73 Å². The third-order valence-corrected chi connectivity index (χ3v) is 2.61. The van der Waals surface area contributed by atoms with E-state index in [9.17, 15) is 13.2 Å². The van der Waals surface area contributed by atoms with E-state index in [2.05, 4.69) is 5.10 Å². The van der Waals surface area contributed by atoms with Crippen molar-refractivity contribution in [2.45, 2.75) is 19.6 Å². The van der Waals surface area contributed by atoms with E-state index in [0.29, 0.717) is 23.6 Å². The van der Waals surface area contributed by atoms with Crippen LogP contribution >= 0.6 is 0 Å². The zero-order valence-corrected chi connectivity index (χ0v) is 9.70. The highest BCUT2D eigenvalue weighted by molar-refractivity contribution is 5.63. The zero-order valence-electron chi connectivity index (χ0n) is 9.70. The summed E-state index contributed by atoms with van der Waals surface area (Å²) >= 11 is 0. The van der Waals surface area contributed by atoms with Crippen LogP contribution in [0.3, 0.4) is 0 Å². The Labute approximate surface area is 102 Å². The first-order valence-corrected chi connectivity index (χ1v) is 5.42. The number of rotatable bonds is 2. The number of alkyl halides is 3. The monoisotopic (exact) mass is 255 g/mol. The molecule has 0 radical (unpaired) electrons. The molecule has 0 aliphatic heterocycles. The number of nitrogens with zero attached hydrogens (tertiary/aromatic N) is 2. The number of anilines is 1. The fraction of sp³-hybridized carbons (Fsp3) is 0.250. The molecule has 1 aromatic heterocycles. The van der Waals surface area contributed by atoms with Crippen molar-refractivity contribution in [2.75, 3.05) is 5.73 Å². The molecule has 96 valence electrons. The molecular weight excluding hydrogens is 243 g/mol. The van der Waals surface area contributed by atoms with Gasteiger partial charge in [-0.3, -0.25) is 4.68 Å². The maximum absolute atomic E-state index is 12.4. The number of halogens is 3. The first kappa shape index (κ1) is 12.5. The predicted octanol–water partition coefficient (Wildman–Crippen LogP) is 3.17. The molecule has 0 spiro atoms.